The third-order valence-electron chi connectivity index (χ3n) is 7.57. The normalized spacial score (nSPS) is 19.9. The summed E-state index contributed by atoms with van der Waals surface area (Å²) < 4.78 is 157. The van der Waals surface area contributed by atoms with E-state index < -0.39 is 90.9 Å². The van der Waals surface area contributed by atoms with Gasteiger partial charge in [0.25, 0.3) is 5.60 Å². The van der Waals surface area contributed by atoms with Gasteiger partial charge in [0.05, 0.1) is 17.4 Å². The van der Waals surface area contributed by atoms with Gasteiger partial charge in [-0.15, -0.1) is 0 Å². The molecule has 3 aromatic carbocycles. The van der Waals surface area contributed by atoms with E-state index in [1.807, 2.05) is 0 Å². The number of hydrogen-bond donors (Lipinski definition) is 1. The van der Waals surface area contributed by atoms with Crippen LogP contribution in [0.2, 0.25) is 0 Å². The van der Waals surface area contributed by atoms with Gasteiger partial charge in [-0.1, -0.05) is 30.3 Å². The van der Waals surface area contributed by atoms with Crippen LogP contribution < -0.4 is 0 Å². The topological polar surface area (TPSA) is 80.7 Å². The Morgan fingerprint density at radius 2 is 1.40 bits per heavy atom. The highest BCUT2D eigenvalue weighted by Gasteiger charge is 2.73. The van der Waals surface area contributed by atoms with Crippen molar-refractivity contribution < 1.29 is 62.6 Å². The quantitative estimate of drug-likeness (QED) is 0.208. The zero-order valence-corrected chi connectivity index (χ0v) is 22.5. The lowest BCUT2D eigenvalue weighted by Gasteiger charge is -2.38. The third-order valence-corrected chi connectivity index (χ3v) is 10.1. The molecule has 1 N–H and O–H groups in total. The van der Waals surface area contributed by atoms with Crippen LogP contribution in [-0.4, -0.2) is 31.8 Å². The fourth-order valence-corrected chi connectivity index (χ4v) is 7.51. The Morgan fingerprint density at radius 3 is 1.86 bits per heavy atom. The Labute approximate surface area is 238 Å². The Bertz CT molecular complexity index is 1570. The smallest absolute Gasteiger partial charge is 0.430 e. The summed E-state index contributed by atoms with van der Waals surface area (Å²) in [5, 5.41) is 9.52. The summed E-state index contributed by atoms with van der Waals surface area (Å²) in [5.41, 5.74) is -8.18. The fraction of sp³-hybridized carbons (Fsp3) is 0.321. The molecule has 15 heteroatoms. The summed E-state index contributed by atoms with van der Waals surface area (Å²) in [6, 6.07) is 7.55. The predicted molar refractivity (Wildman–Crippen MR) is 132 cm³/mol. The van der Waals surface area contributed by atoms with Gasteiger partial charge >= 0.3 is 18.3 Å². The van der Waals surface area contributed by atoms with Crippen LogP contribution in [0.25, 0.3) is 0 Å². The molecule has 43 heavy (non-hydrogen) atoms. The second kappa shape index (κ2) is 11.2. The minimum atomic E-state index is -6.23. The second-order valence-corrected chi connectivity index (χ2v) is 12.2. The highest BCUT2D eigenvalue weighted by Crippen LogP contribution is 2.55. The first-order valence-corrected chi connectivity index (χ1v) is 13.9. The van der Waals surface area contributed by atoms with Crippen molar-refractivity contribution in [1.82, 2.24) is 0 Å². The van der Waals surface area contributed by atoms with E-state index in [1.54, 1.807) is 0 Å². The molecule has 1 aliphatic rings. The predicted octanol–water partition coefficient (Wildman–Crippen LogP) is 7.19. The summed E-state index contributed by atoms with van der Waals surface area (Å²) in [6.45, 7) is -1.78. The van der Waals surface area contributed by atoms with Gasteiger partial charge in [-0.2, -0.15) is 26.3 Å². The number of aliphatic carboxylic acids is 1. The number of carboxylic acid groups (broad SMARTS) is 1. The zero-order chi connectivity index (χ0) is 32.0. The maximum absolute atomic E-state index is 14.3. The van der Waals surface area contributed by atoms with Crippen molar-refractivity contribution in [3.8, 4) is 0 Å². The monoisotopic (exact) mass is 640 g/mol. The van der Waals surface area contributed by atoms with Gasteiger partial charge in [0.1, 0.15) is 22.2 Å². The average Bonchev–Trinajstić information content (AvgIpc) is 3.37. The Morgan fingerprint density at radius 1 is 0.860 bits per heavy atom. The number of carboxylic acids is 1. The molecule has 0 amide bonds. The molecule has 232 valence electrons. The first kappa shape index (κ1) is 32.3. The molecule has 0 bridgehead atoms. The molecule has 0 saturated heterocycles. The lowest BCUT2D eigenvalue weighted by molar-refractivity contribution is -0.392. The van der Waals surface area contributed by atoms with Crippen LogP contribution in [0.1, 0.15) is 36.0 Å². The number of ether oxygens (including phenoxy) is 1. The summed E-state index contributed by atoms with van der Waals surface area (Å²) in [6.07, 6.45) is -13.6. The number of benzene rings is 3. The summed E-state index contributed by atoms with van der Waals surface area (Å²) >= 11 is 0. The third kappa shape index (κ3) is 5.48. The van der Waals surface area contributed by atoms with Crippen molar-refractivity contribution in [2.45, 2.75) is 53.5 Å². The van der Waals surface area contributed by atoms with E-state index in [0.29, 0.717) is 36.4 Å². The number of sulfone groups is 1. The van der Waals surface area contributed by atoms with Gasteiger partial charge in [0.2, 0.25) is 0 Å². The average molecular weight is 641 g/mol. The maximum Gasteiger partial charge on any atom is 0.430 e. The molecule has 0 aliphatic heterocycles. The Balaban J connectivity index is 1.86. The molecule has 0 spiro atoms. The van der Waals surface area contributed by atoms with Gasteiger partial charge in [0, 0.05) is 11.1 Å². The van der Waals surface area contributed by atoms with E-state index in [2.05, 4.69) is 4.74 Å². The summed E-state index contributed by atoms with van der Waals surface area (Å²) in [5.74, 6) is -6.28. The van der Waals surface area contributed by atoms with Gasteiger partial charge < -0.3 is 9.84 Å². The lowest BCUT2D eigenvalue weighted by Crippen LogP contribution is -2.56. The first-order chi connectivity index (χ1) is 19.9. The molecule has 2 atom stereocenters. The maximum atomic E-state index is 14.3. The van der Waals surface area contributed by atoms with Crippen molar-refractivity contribution in [2.75, 3.05) is 0 Å². The minimum absolute atomic E-state index is 0.191. The number of carbonyl (C=O) groups is 1. The van der Waals surface area contributed by atoms with E-state index in [4.69, 9.17) is 0 Å². The Hall–Kier alpha value is -3.59. The van der Waals surface area contributed by atoms with E-state index in [9.17, 15) is 57.8 Å². The van der Waals surface area contributed by atoms with Crippen molar-refractivity contribution in [1.29, 1.82) is 0 Å². The van der Waals surface area contributed by atoms with E-state index in [1.165, 1.54) is 0 Å². The van der Waals surface area contributed by atoms with Crippen LogP contribution in [-0.2, 0) is 36.3 Å². The molecule has 1 aliphatic carbocycles. The van der Waals surface area contributed by atoms with Crippen LogP contribution in [0.15, 0.2) is 71.6 Å². The molecule has 0 aromatic heterocycles. The molecular weight excluding hydrogens is 619 g/mol. The number of hydrogen-bond acceptors (Lipinski definition) is 4. The van der Waals surface area contributed by atoms with Gasteiger partial charge in [0.15, 0.2) is 9.84 Å². The van der Waals surface area contributed by atoms with E-state index in [0.717, 1.165) is 30.3 Å². The zero-order valence-electron chi connectivity index (χ0n) is 21.6. The second-order valence-electron chi connectivity index (χ2n) is 9.97. The molecule has 1 saturated carbocycles. The van der Waals surface area contributed by atoms with Crippen molar-refractivity contribution in [3.63, 3.8) is 0 Å². The molecule has 5 nitrogen and oxygen atoms in total. The van der Waals surface area contributed by atoms with Crippen LogP contribution in [0.3, 0.4) is 0 Å². The van der Waals surface area contributed by atoms with Crippen LogP contribution in [0, 0.1) is 23.4 Å². The van der Waals surface area contributed by atoms with Crippen LogP contribution in [0.5, 0.6) is 0 Å². The highest BCUT2D eigenvalue weighted by atomic mass is 32.2. The van der Waals surface area contributed by atoms with Gasteiger partial charge in [-0.3, -0.25) is 4.79 Å². The van der Waals surface area contributed by atoms with Gasteiger partial charge in [-0.05, 0) is 61.2 Å². The number of rotatable bonds is 8. The molecule has 0 unspecified atom stereocenters. The highest BCUT2D eigenvalue weighted by molar-refractivity contribution is 7.92. The fourth-order valence-electron chi connectivity index (χ4n) is 5.32. The summed E-state index contributed by atoms with van der Waals surface area (Å²) in [7, 11) is -4.59. The van der Waals surface area contributed by atoms with Crippen molar-refractivity contribution in [2.24, 2.45) is 5.92 Å². The first-order valence-electron chi connectivity index (χ1n) is 12.4. The Kier molecular flexibility index (Phi) is 8.39. The van der Waals surface area contributed by atoms with Crippen LogP contribution >= 0.6 is 0 Å². The molecule has 0 radical (unpaired) electrons. The summed E-state index contributed by atoms with van der Waals surface area (Å²) in [4.78, 5) is 11.3. The van der Waals surface area contributed by atoms with Gasteiger partial charge in [-0.25, -0.2) is 21.6 Å². The minimum Gasteiger partial charge on any atom is -0.481 e. The largest absolute Gasteiger partial charge is 0.481 e. The number of alkyl halides is 6. The lowest BCUT2D eigenvalue weighted by atomic mass is 9.88. The van der Waals surface area contributed by atoms with E-state index >= 15 is 0 Å². The molecule has 0 heterocycles. The van der Waals surface area contributed by atoms with Crippen molar-refractivity contribution >= 4 is 15.8 Å². The van der Waals surface area contributed by atoms with E-state index in [-0.39, 0.29) is 18.4 Å². The van der Waals surface area contributed by atoms with Crippen molar-refractivity contribution in [3.05, 3.63) is 101 Å². The SMILES string of the molecule is O=C(O)[C@H]1CC[C@](c2ccc(C(OCc3c(F)cccc3F)(C(F)(F)F)C(F)(F)F)cc2)(S(=O)(=O)c2ccc(F)cc2)C1. The molecule has 1 fully saturated rings. The molecular formula is C28H21F9O5S. The number of halogens is 9. The molecule has 3 aromatic rings. The standard InChI is InChI=1S/C28H21F9O5S/c29-19-8-10-20(11-9-19)43(40,41)25(13-12-16(14-25)24(38)39)17-4-6-18(7-5-17)26(27(32,33)34,28(35,36)37)42-15-21-22(30)2-1-3-23(21)31/h1-11,16H,12-15H2,(H,38,39)/t16-,25-/m0/s1. The van der Waals surface area contributed by atoms with Crippen LogP contribution in [0.4, 0.5) is 39.5 Å². The molecule has 4 rings (SSSR count).